The van der Waals surface area contributed by atoms with Gasteiger partial charge in [-0.15, -0.1) is 0 Å². The van der Waals surface area contributed by atoms with Gasteiger partial charge in [-0.25, -0.2) is 0 Å². The van der Waals surface area contributed by atoms with Gasteiger partial charge < -0.3 is 5.11 Å². The number of aliphatic hydroxyl groups is 1. The maximum atomic E-state index is 9.13. The van der Waals surface area contributed by atoms with Crippen molar-refractivity contribution in [3.63, 3.8) is 0 Å². The summed E-state index contributed by atoms with van der Waals surface area (Å²) in [6, 6.07) is 0. The van der Waals surface area contributed by atoms with Gasteiger partial charge in [-0.1, -0.05) is 13.8 Å². The molecular formula is C6H14OTi. The minimum Gasteiger partial charge on any atom is -0.390 e. The van der Waals surface area contributed by atoms with Crippen LogP contribution in [-0.4, -0.2) is 10.7 Å². The fourth-order valence-electron chi connectivity index (χ4n) is 0.250. The molecule has 0 heterocycles. The molecule has 0 aromatic heterocycles. The van der Waals surface area contributed by atoms with Gasteiger partial charge in [-0.3, -0.25) is 0 Å². The van der Waals surface area contributed by atoms with Crippen molar-refractivity contribution in [2.24, 2.45) is 0 Å². The Morgan fingerprint density at radius 2 is 1.50 bits per heavy atom. The summed E-state index contributed by atoms with van der Waals surface area (Å²) < 4.78 is 0. The van der Waals surface area contributed by atoms with Gasteiger partial charge in [0.2, 0.25) is 0 Å². The molecule has 0 aliphatic rings. The SMILES string of the molecule is CCC(C)(O)CC.[Ti]. The van der Waals surface area contributed by atoms with Crippen molar-refractivity contribution < 1.29 is 26.8 Å². The van der Waals surface area contributed by atoms with Crippen LogP contribution >= 0.6 is 0 Å². The van der Waals surface area contributed by atoms with E-state index in [-0.39, 0.29) is 21.7 Å². The van der Waals surface area contributed by atoms with Crippen LogP contribution in [0, 0.1) is 0 Å². The van der Waals surface area contributed by atoms with Gasteiger partial charge in [-0.05, 0) is 19.8 Å². The predicted molar refractivity (Wildman–Crippen MR) is 31.2 cm³/mol. The van der Waals surface area contributed by atoms with E-state index in [0.717, 1.165) is 12.8 Å². The van der Waals surface area contributed by atoms with E-state index in [1.165, 1.54) is 0 Å². The summed E-state index contributed by atoms with van der Waals surface area (Å²) >= 11 is 0. The molecule has 0 saturated carbocycles. The molecule has 8 heavy (non-hydrogen) atoms. The molecule has 0 radical (unpaired) electrons. The molecule has 0 atom stereocenters. The molecule has 0 aromatic rings. The maximum Gasteiger partial charge on any atom is 0.0614 e. The van der Waals surface area contributed by atoms with Crippen molar-refractivity contribution in [1.29, 1.82) is 0 Å². The maximum absolute atomic E-state index is 9.13. The molecule has 48 valence electrons. The Hall–Kier alpha value is 0.674. The Labute approximate surface area is 66.4 Å². The van der Waals surface area contributed by atoms with E-state index in [9.17, 15) is 0 Å². The summed E-state index contributed by atoms with van der Waals surface area (Å²) in [7, 11) is 0. The van der Waals surface area contributed by atoms with Gasteiger partial charge in [0, 0.05) is 21.7 Å². The van der Waals surface area contributed by atoms with Crippen LogP contribution in [0.3, 0.4) is 0 Å². The van der Waals surface area contributed by atoms with Crippen LogP contribution in [0.1, 0.15) is 33.6 Å². The monoisotopic (exact) mass is 150 g/mol. The second-order valence-electron chi connectivity index (χ2n) is 2.20. The Kier molecular flexibility index (Phi) is 6.51. The molecule has 2 heteroatoms. The molecule has 1 N–H and O–H groups in total. The quantitative estimate of drug-likeness (QED) is 0.592. The predicted octanol–water partition coefficient (Wildman–Crippen LogP) is 1.55. The average Bonchev–Trinajstić information content (AvgIpc) is 1.68. The summed E-state index contributed by atoms with van der Waals surface area (Å²) in [4.78, 5) is 0. The third-order valence-corrected chi connectivity index (χ3v) is 1.52. The van der Waals surface area contributed by atoms with Crippen molar-refractivity contribution in [1.82, 2.24) is 0 Å². The number of rotatable bonds is 2. The second-order valence-corrected chi connectivity index (χ2v) is 2.20. The number of hydrogen-bond acceptors (Lipinski definition) is 1. The molecule has 1 nitrogen and oxygen atoms in total. The molecular weight excluding hydrogens is 136 g/mol. The summed E-state index contributed by atoms with van der Waals surface area (Å²) in [6.45, 7) is 5.83. The van der Waals surface area contributed by atoms with E-state index in [4.69, 9.17) is 5.11 Å². The van der Waals surface area contributed by atoms with Gasteiger partial charge >= 0.3 is 0 Å². The van der Waals surface area contributed by atoms with E-state index < -0.39 is 5.60 Å². The van der Waals surface area contributed by atoms with E-state index >= 15 is 0 Å². The zero-order valence-corrected chi connectivity index (χ0v) is 7.42. The standard InChI is InChI=1S/C6H14O.Ti/c1-4-6(3,7)5-2;/h7H,4-5H2,1-3H3;. The molecule has 0 bridgehead atoms. The fourth-order valence-corrected chi connectivity index (χ4v) is 0.250. The average molecular weight is 150 g/mol. The third kappa shape index (κ3) is 4.82. The molecule has 0 unspecified atom stereocenters. The minimum atomic E-state index is -0.417. The smallest absolute Gasteiger partial charge is 0.0614 e. The number of hydrogen-bond donors (Lipinski definition) is 1. The molecule has 0 fully saturated rings. The van der Waals surface area contributed by atoms with E-state index in [0.29, 0.717) is 0 Å². The fraction of sp³-hybridized carbons (Fsp3) is 1.00. The van der Waals surface area contributed by atoms with Crippen molar-refractivity contribution in [3.8, 4) is 0 Å². The summed E-state index contributed by atoms with van der Waals surface area (Å²) in [6.07, 6.45) is 1.70. The molecule has 0 aliphatic carbocycles. The first-order chi connectivity index (χ1) is 3.12. The van der Waals surface area contributed by atoms with Gasteiger partial charge in [0.15, 0.2) is 0 Å². The van der Waals surface area contributed by atoms with Crippen LogP contribution in [0.15, 0.2) is 0 Å². The molecule has 0 spiro atoms. The van der Waals surface area contributed by atoms with Gasteiger partial charge in [0.25, 0.3) is 0 Å². The second kappa shape index (κ2) is 4.54. The Bertz CT molecular complexity index is 46.5. The van der Waals surface area contributed by atoms with Crippen molar-refractivity contribution in [3.05, 3.63) is 0 Å². The van der Waals surface area contributed by atoms with Crippen LogP contribution in [0.2, 0.25) is 0 Å². The molecule has 0 amide bonds. The minimum absolute atomic E-state index is 0. The van der Waals surface area contributed by atoms with E-state index in [1.807, 2.05) is 20.8 Å². The molecule has 0 rings (SSSR count). The van der Waals surface area contributed by atoms with Crippen LogP contribution in [0.5, 0.6) is 0 Å². The summed E-state index contributed by atoms with van der Waals surface area (Å²) in [5.74, 6) is 0. The van der Waals surface area contributed by atoms with Crippen molar-refractivity contribution in [2.45, 2.75) is 39.2 Å². The first-order valence-electron chi connectivity index (χ1n) is 2.84. The Balaban J connectivity index is 0. The first kappa shape index (κ1) is 11.5. The molecule has 0 saturated heterocycles. The zero-order chi connectivity index (χ0) is 5.91. The Morgan fingerprint density at radius 3 is 1.50 bits per heavy atom. The van der Waals surface area contributed by atoms with Crippen LogP contribution < -0.4 is 0 Å². The van der Waals surface area contributed by atoms with Gasteiger partial charge in [0.1, 0.15) is 0 Å². The van der Waals surface area contributed by atoms with Crippen LogP contribution in [-0.2, 0) is 21.7 Å². The van der Waals surface area contributed by atoms with Crippen LogP contribution in [0.4, 0.5) is 0 Å². The normalized spacial score (nSPS) is 10.5. The van der Waals surface area contributed by atoms with Crippen molar-refractivity contribution in [2.75, 3.05) is 0 Å². The van der Waals surface area contributed by atoms with E-state index in [1.54, 1.807) is 0 Å². The zero-order valence-electron chi connectivity index (χ0n) is 5.86. The summed E-state index contributed by atoms with van der Waals surface area (Å²) in [5.41, 5.74) is -0.417. The third-order valence-electron chi connectivity index (χ3n) is 1.52. The molecule has 0 aromatic carbocycles. The largest absolute Gasteiger partial charge is 0.390 e. The topological polar surface area (TPSA) is 20.2 Å². The first-order valence-corrected chi connectivity index (χ1v) is 2.84. The van der Waals surface area contributed by atoms with Gasteiger partial charge in [-0.2, -0.15) is 0 Å². The summed E-state index contributed by atoms with van der Waals surface area (Å²) in [5, 5.41) is 9.13. The van der Waals surface area contributed by atoms with Crippen LogP contribution in [0.25, 0.3) is 0 Å². The van der Waals surface area contributed by atoms with E-state index in [2.05, 4.69) is 0 Å². The Morgan fingerprint density at radius 1 is 1.25 bits per heavy atom. The molecule has 0 aliphatic heterocycles. The van der Waals surface area contributed by atoms with Gasteiger partial charge in [0.05, 0.1) is 5.60 Å². The van der Waals surface area contributed by atoms with Crippen molar-refractivity contribution >= 4 is 0 Å².